The van der Waals surface area contributed by atoms with Crippen molar-refractivity contribution in [3.8, 4) is 0 Å². The zero-order valence-electron chi connectivity index (χ0n) is 15.1. The molecule has 0 N–H and O–H groups in total. The fourth-order valence-electron chi connectivity index (χ4n) is 3.52. The van der Waals surface area contributed by atoms with Crippen LogP contribution < -0.4 is 4.90 Å². The number of nitrogens with zero attached hydrogens (tertiary/aromatic N) is 6. The quantitative estimate of drug-likeness (QED) is 0.808. The standard InChI is InChI=1S/C19H22N6O2/c26-17(23-6-1-2-7-23)15-12-16(14-20-13-15)18(27)24-8-10-25(11-9-24)19-21-4-3-5-22-19/h3-5,12-14H,1-2,6-11H2. The van der Waals surface area contributed by atoms with Crippen molar-refractivity contribution in [3.63, 3.8) is 0 Å². The van der Waals surface area contributed by atoms with Crippen LogP contribution >= 0.6 is 0 Å². The van der Waals surface area contributed by atoms with Gasteiger partial charge in [0.05, 0.1) is 11.1 Å². The lowest BCUT2D eigenvalue weighted by Crippen LogP contribution is -2.49. The predicted molar refractivity (Wildman–Crippen MR) is 99.5 cm³/mol. The number of pyridine rings is 1. The summed E-state index contributed by atoms with van der Waals surface area (Å²) < 4.78 is 0. The molecular weight excluding hydrogens is 344 g/mol. The van der Waals surface area contributed by atoms with Crippen molar-refractivity contribution in [1.82, 2.24) is 24.8 Å². The molecule has 2 aliphatic rings. The second-order valence-corrected chi connectivity index (χ2v) is 6.79. The second kappa shape index (κ2) is 7.69. The van der Waals surface area contributed by atoms with Crippen molar-refractivity contribution in [3.05, 3.63) is 48.0 Å². The first-order valence-corrected chi connectivity index (χ1v) is 9.28. The Labute approximate surface area is 157 Å². The predicted octanol–water partition coefficient (Wildman–Crippen LogP) is 1.07. The van der Waals surface area contributed by atoms with E-state index in [9.17, 15) is 9.59 Å². The summed E-state index contributed by atoms with van der Waals surface area (Å²) in [5.74, 6) is 0.553. The van der Waals surface area contributed by atoms with Crippen LogP contribution in [0.25, 0.3) is 0 Å². The highest BCUT2D eigenvalue weighted by Crippen LogP contribution is 2.16. The van der Waals surface area contributed by atoms with Gasteiger partial charge in [0.25, 0.3) is 11.8 Å². The van der Waals surface area contributed by atoms with Crippen LogP contribution in [0.5, 0.6) is 0 Å². The van der Waals surface area contributed by atoms with Gasteiger partial charge in [-0.15, -0.1) is 0 Å². The van der Waals surface area contributed by atoms with Crippen molar-refractivity contribution in [2.45, 2.75) is 12.8 Å². The molecule has 8 nitrogen and oxygen atoms in total. The monoisotopic (exact) mass is 366 g/mol. The molecule has 2 aromatic rings. The number of carbonyl (C=O) groups excluding carboxylic acids is 2. The topological polar surface area (TPSA) is 82.5 Å². The lowest BCUT2D eigenvalue weighted by Gasteiger charge is -2.34. The van der Waals surface area contributed by atoms with E-state index < -0.39 is 0 Å². The molecule has 8 heteroatoms. The minimum atomic E-state index is -0.0906. The van der Waals surface area contributed by atoms with Gasteiger partial charge < -0.3 is 14.7 Å². The molecule has 0 aliphatic carbocycles. The number of likely N-dealkylation sites (tertiary alicyclic amines) is 1. The summed E-state index contributed by atoms with van der Waals surface area (Å²) in [6.07, 6.45) is 8.58. The number of hydrogen-bond donors (Lipinski definition) is 0. The molecule has 2 aliphatic heterocycles. The first-order valence-electron chi connectivity index (χ1n) is 9.28. The van der Waals surface area contributed by atoms with Gasteiger partial charge in [0.2, 0.25) is 5.95 Å². The Morgan fingerprint density at radius 2 is 1.33 bits per heavy atom. The zero-order valence-corrected chi connectivity index (χ0v) is 15.1. The van der Waals surface area contributed by atoms with Gasteiger partial charge in [-0.25, -0.2) is 9.97 Å². The average molecular weight is 366 g/mol. The van der Waals surface area contributed by atoms with Crippen molar-refractivity contribution in [2.75, 3.05) is 44.2 Å². The van der Waals surface area contributed by atoms with Gasteiger partial charge in [-0.05, 0) is 25.0 Å². The fourth-order valence-corrected chi connectivity index (χ4v) is 3.52. The van der Waals surface area contributed by atoms with Gasteiger partial charge in [-0.1, -0.05) is 0 Å². The maximum Gasteiger partial charge on any atom is 0.255 e. The summed E-state index contributed by atoms with van der Waals surface area (Å²) in [5, 5.41) is 0. The summed E-state index contributed by atoms with van der Waals surface area (Å²) in [6, 6.07) is 3.45. The fraction of sp³-hybridized carbons (Fsp3) is 0.421. The number of carbonyl (C=O) groups is 2. The molecular formula is C19H22N6O2. The third-order valence-corrected chi connectivity index (χ3v) is 5.03. The molecule has 27 heavy (non-hydrogen) atoms. The van der Waals surface area contributed by atoms with E-state index in [1.807, 2.05) is 4.90 Å². The van der Waals surface area contributed by atoms with Gasteiger partial charge in [0, 0.05) is 64.1 Å². The molecule has 0 radical (unpaired) electrons. The normalized spacial score (nSPS) is 17.3. The summed E-state index contributed by atoms with van der Waals surface area (Å²) in [7, 11) is 0. The van der Waals surface area contributed by atoms with Gasteiger partial charge in [0.1, 0.15) is 0 Å². The van der Waals surface area contributed by atoms with Crippen LogP contribution in [0.3, 0.4) is 0 Å². The maximum atomic E-state index is 12.9. The highest BCUT2D eigenvalue weighted by atomic mass is 16.2. The molecule has 0 saturated carbocycles. The molecule has 2 amide bonds. The van der Waals surface area contributed by atoms with Crippen LogP contribution in [0.15, 0.2) is 36.9 Å². The van der Waals surface area contributed by atoms with E-state index in [1.54, 1.807) is 35.6 Å². The molecule has 2 fully saturated rings. The minimum Gasteiger partial charge on any atom is -0.339 e. The van der Waals surface area contributed by atoms with Crippen molar-refractivity contribution in [1.29, 1.82) is 0 Å². The number of amides is 2. The Balaban J connectivity index is 1.41. The molecule has 0 atom stereocenters. The first-order chi connectivity index (χ1) is 13.2. The minimum absolute atomic E-state index is 0.0410. The summed E-state index contributed by atoms with van der Waals surface area (Å²) in [5.41, 5.74) is 0.948. The Morgan fingerprint density at radius 3 is 1.93 bits per heavy atom. The number of aromatic nitrogens is 3. The highest BCUT2D eigenvalue weighted by molar-refractivity contribution is 5.99. The first kappa shape index (κ1) is 17.4. The van der Waals surface area contributed by atoms with Crippen LogP contribution in [0.4, 0.5) is 5.95 Å². The maximum absolute atomic E-state index is 12.9. The van der Waals surface area contributed by atoms with Gasteiger partial charge in [-0.3, -0.25) is 14.6 Å². The summed E-state index contributed by atoms with van der Waals surface area (Å²) in [4.78, 5) is 43.7. The average Bonchev–Trinajstić information content (AvgIpc) is 3.28. The van der Waals surface area contributed by atoms with E-state index in [0.29, 0.717) is 43.3 Å². The van der Waals surface area contributed by atoms with Crippen molar-refractivity contribution < 1.29 is 9.59 Å². The van der Waals surface area contributed by atoms with Crippen LogP contribution in [0.1, 0.15) is 33.6 Å². The van der Waals surface area contributed by atoms with Crippen LogP contribution in [0, 0.1) is 0 Å². The molecule has 0 unspecified atom stereocenters. The molecule has 4 heterocycles. The smallest absolute Gasteiger partial charge is 0.255 e. The van der Waals surface area contributed by atoms with E-state index in [1.165, 1.54) is 6.20 Å². The molecule has 140 valence electrons. The Bertz CT molecular complexity index is 814. The Kier molecular flexibility index (Phi) is 4.95. The van der Waals surface area contributed by atoms with E-state index in [-0.39, 0.29) is 11.8 Å². The second-order valence-electron chi connectivity index (χ2n) is 6.79. The molecule has 0 aromatic carbocycles. The largest absolute Gasteiger partial charge is 0.339 e. The molecule has 0 bridgehead atoms. The van der Waals surface area contributed by atoms with E-state index in [4.69, 9.17) is 0 Å². The number of anilines is 1. The summed E-state index contributed by atoms with van der Waals surface area (Å²) >= 11 is 0. The molecule has 4 rings (SSSR count). The van der Waals surface area contributed by atoms with Crippen molar-refractivity contribution >= 4 is 17.8 Å². The Morgan fingerprint density at radius 1 is 0.778 bits per heavy atom. The Hall–Kier alpha value is -3.03. The van der Waals surface area contributed by atoms with Gasteiger partial charge >= 0.3 is 0 Å². The van der Waals surface area contributed by atoms with Crippen LogP contribution in [-0.4, -0.2) is 75.8 Å². The SMILES string of the molecule is O=C(c1cncc(C(=O)N2CCN(c3ncccn3)CC2)c1)N1CCCC1. The van der Waals surface area contributed by atoms with E-state index in [0.717, 1.165) is 25.9 Å². The highest BCUT2D eigenvalue weighted by Gasteiger charge is 2.25. The van der Waals surface area contributed by atoms with Crippen LogP contribution in [0.2, 0.25) is 0 Å². The molecule has 2 aromatic heterocycles. The third-order valence-electron chi connectivity index (χ3n) is 5.03. The summed E-state index contributed by atoms with van der Waals surface area (Å²) in [6.45, 7) is 4.08. The van der Waals surface area contributed by atoms with E-state index >= 15 is 0 Å². The number of hydrogen-bond acceptors (Lipinski definition) is 6. The molecule has 0 spiro atoms. The van der Waals surface area contributed by atoms with Gasteiger partial charge in [-0.2, -0.15) is 0 Å². The van der Waals surface area contributed by atoms with Crippen LogP contribution in [-0.2, 0) is 0 Å². The lowest BCUT2D eigenvalue weighted by molar-refractivity contribution is 0.0745. The molecule has 2 saturated heterocycles. The number of piperazine rings is 1. The lowest BCUT2D eigenvalue weighted by atomic mass is 10.1. The van der Waals surface area contributed by atoms with E-state index in [2.05, 4.69) is 19.9 Å². The number of rotatable bonds is 3. The zero-order chi connectivity index (χ0) is 18.6. The van der Waals surface area contributed by atoms with Crippen molar-refractivity contribution in [2.24, 2.45) is 0 Å². The van der Waals surface area contributed by atoms with Gasteiger partial charge in [0.15, 0.2) is 0 Å². The third kappa shape index (κ3) is 3.74.